The molecule has 0 heterocycles. The quantitative estimate of drug-likeness (QED) is 0.0222. The van der Waals surface area contributed by atoms with E-state index >= 15 is 0 Å². The fraction of sp³-hybridized carbons (Fsp3) is 0.947. The third-order valence-electron chi connectivity index (χ3n) is 18.0. The number of ether oxygens (including phenoxy) is 4. The van der Waals surface area contributed by atoms with E-state index < -0.39 is 97.5 Å². The number of rotatable bonds is 72. The minimum absolute atomic E-state index is 0.105. The number of aliphatic hydroxyl groups is 1. The molecule has 0 bridgehead atoms. The maximum absolute atomic E-state index is 13.1. The third-order valence-corrected chi connectivity index (χ3v) is 19.9. The SMILES string of the molecule is CCC(C)CCCCCCCCCCCCC(=O)OC[C@H](COP(=O)(O)OCC(O)COP(=O)(O)OC[C@@H](COC(=O)CCCCCCCCCC(C)C)OC(=O)CCCCCCCCCCCCC(C)CC)OC(=O)CCCCCCCCCCCCCCCC(C)C. The van der Waals surface area contributed by atoms with Crippen molar-refractivity contribution in [3.8, 4) is 0 Å². The van der Waals surface area contributed by atoms with Crippen LogP contribution in [0.15, 0.2) is 0 Å². The summed E-state index contributed by atoms with van der Waals surface area (Å²) in [6.45, 7) is 14.2. The van der Waals surface area contributed by atoms with Gasteiger partial charge in [0.1, 0.15) is 19.3 Å². The Kier molecular flexibility index (Phi) is 63.1. The summed E-state index contributed by atoms with van der Waals surface area (Å²) in [5.74, 6) is 0.982. The molecule has 17 nitrogen and oxygen atoms in total. The van der Waals surface area contributed by atoms with E-state index in [0.717, 1.165) is 114 Å². The van der Waals surface area contributed by atoms with Crippen LogP contribution in [0.25, 0.3) is 0 Å². The number of carbonyl (C=O) groups is 4. The number of hydrogen-bond acceptors (Lipinski definition) is 15. The van der Waals surface area contributed by atoms with E-state index in [0.29, 0.717) is 31.6 Å². The van der Waals surface area contributed by atoms with Gasteiger partial charge in [-0.3, -0.25) is 37.3 Å². The number of esters is 4. The van der Waals surface area contributed by atoms with Crippen LogP contribution in [-0.4, -0.2) is 96.7 Å². The molecule has 0 aliphatic heterocycles. The van der Waals surface area contributed by atoms with Crippen LogP contribution in [-0.2, 0) is 65.4 Å². The first-order valence-electron chi connectivity index (χ1n) is 38.8. The molecule has 0 aromatic heterocycles. The van der Waals surface area contributed by atoms with Crippen molar-refractivity contribution in [1.82, 2.24) is 0 Å². The first-order valence-corrected chi connectivity index (χ1v) is 41.8. The third kappa shape index (κ3) is 66.0. The Bertz CT molecular complexity index is 1850. The Morgan fingerprint density at radius 2 is 0.511 bits per heavy atom. The van der Waals surface area contributed by atoms with Crippen molar-refractivity contribution in [2.45, 2.75) is 395 Å². The lowest BCUT2D eigenvalue weighted by Gasteiger charge is -2.21. The van der Waals surface area contributed by atoms with Gasteiger partial charge in [0, 0.05) is 25.7 Å². The van der Waals surface area contributed by atoms with Crippen LogP contribution >= 0.6 is 15.6 Å². The average molecular weight is 1380 g/mol. The molecule has 0 rings (SSSR count). The summed E-state index contributed by atoms with van der Waals surface area (Å²) in [4.78, 5) is 72.8. The van der Waals surface area contributed by atoms with Crippen molar-refractivity contribution >= 4 is 39.5 Å². The molecule has 7 atom stereocenters. The summed E-state index contributed by atoms with van der Waals surface area (Å²) < 4.78 is 68.5. The highest BCUT2D eigenvalue weighted by Crippen LogP contribution is 2.45. The van der Waals surface area contributed by atoms with Crippen molar-refractivity contribution in [3.05, 3.63) is 0 Å². The van der Waals surface area contributed by atoms with Crippen molar-refractivity contribution in [2.24, 2.45) is 23.7 Å². The zero-order valence-corrected chi connectivity index (χ0v) is 63.4. The molecular weight excluding hydrogens is 1230 g/mol. The van der Waals surface area contributed by atoms with Crippen LogP contribution < -0.4 is 0 Å². The Morgan fingerprint density at radius 3 is 0.755 bits per heavy atom. The van der Waals surface area contributed by atoms with Crippen molar-refractivity contribution < 1.29 is 80.2 Å². The number of carbonyl (C=O) groups excluding carboxylic acids is 4. The largest absolute Gasteiger partial charge is 0.472 e. The summed E-state index contributed by atoms with van der Waals surface area (Å²) in [5.41, 5.74) is 0. The van der Waals surface area contributed by atoms with E-state index in [4.69, 9.17) is 37.0 Å². The smallest absolute Gasteiger partial charge is 0.462 e. The molecule has 0 aromatic carbocycles. The van der Waals surface area contributed by atoms with Gasteiger partial charge < -0.3 is 33.8 Å². The van der Waals surface area contributed by atoms with Gasteiger partial charge in [0.15, 0.2) is 12.2 Å². The van der Waals surface area contributed by atoms with E-state index in [1.807, 2.05) is 0 Å². The van der Waals surface area contributed by atoms with Crippen molar-refractivity contribution in [1.29, 1.82) is 0 Å². The van der Waals surface area contributed by atoms with Crippen LogP contribution in [0.2, 0.25) is 0 Å². The van der Waals surface area contributed by atoms with Gasteiger partial charge in [0.25, 0.3) is 0 Å². The normalized spacial score (nSPS) is 14.7. The Balaban J connectivity index is 5.27. The second kappa shape index (κ2) is 64.4. The molecule has 19 heteroatoms. The number of unbranched alkanes of at least 4 members (excludes halogenated alkanes) is 36. The number of aliphatic hydroxyl groups excluding tert-OH is 1. The van der Waals surface area contributed by atoms with E-state index in [2.05, 4.69) is 55.4 Å². The fourth-order valence-corrected chi connectivity index (χ4v) is 12.9. The summed E-state index contributed by atoms with van der Waals surface area (Å²) in [7, 11) is -9.91. The Hall–Kier alpha value is -1.94. The standard InChI is InChI=1S/C75H146O17P2/c1-9-67(7)53-45-37-29-21-16-18-23-31-39-47-55-72(77)85-61-70(91-74(79)57-49-41-32-24-15-13-11-12-14-20-27-35-43-51-65(3)4)63-89-93(81,82)87-59-69(76)60-88-94(83,84)90-64-71(62-86-73(78)56-48-40-34-26-28-36-44-52-66(5)6)92-75(80)58-50-42-33-25-19-17-22-30-38-46-54-68(8)10-2/h65-71,76H,9-64H2,1-8H3,(H,81,82)(H,83,84)/t67?,68?,69?,70-,71-/m1/s1. The first-order chi connectivity index (χ1) is 45.2. The van der Waals surface area contributed by atoms with Crippen LogP contribution in [0.3, 0.4) is 0 Å². The zero-order valence-electron chi connectivity index (χ0n) is 61.6. The predicted octanol–water partition coefficient (Wildman–Crippen LogP) is 21.7. The minimum Gasteiger partial charge on any atom is -0.462 e. The topological polar surface area (TPSA) is 237 Å². The lowest BCUT2D eigenvalue weighted by atomic mass is 9.99. The molecule has 0 spiro atoms. The lowest BCUT2D eigenvalue weighted by Crippen LogP contribution is -2.30. The van der Waals surface area contributed by atoms with E-state index in [1.54, 1.807) is 0 Å². The van der Waals surface area contributed by atoms with Gasteiger partial charge >= 0.3 is 39.5 Å². The second-order valence-electron chi connectivity index (χ2n) is 28.5. The number of hydrogen-bond donors (Lipinski definition) is 3. The van der Waals surface area contributed by atoms with Crippen molar-refractivity contribution in [3.63, 3.8) is 0 Å². The van der Waals surface area contributed by atoms with Crippen LogP contribution in [0.1, 0.15) is 376 Å². The van der Waals surface area contributed by atoms with Gasteiger partial charge in [-0.05, 0) is 49.4 Å². The molecule has 5 unspecified atom stereocenters. The lowest BCUT2D eigenvalue weighted by molar-refractivity contribution is -0.161. The highest BCUT2D eigenvalue weighted by atomic mass is 31.2. The van der Waals surface area contributed by atoms with Gasteiger partial charge in [0.2, 0.25) is 0 Å². The fourth-order valence-electron chi connectivity index (χ4n) is 11.3. The zero-order chi connectivity index (χ0) is 69.6. The molecule has 0 radical (unpaired) electrons. The Morgan fingerprint density at radius 1 is 0.298 bits per heavy atom. The van der Waals surface area contributed by atoms with E-state index in [-0.39, 0.29) is 25.7 Å². The summed E-state index contributed by atoms with van der Waals surface area (Å²) in [5, 5.41) is 10.6. The van der Waals surface area contributed by atoms with Gasteiger partial charge in [-0.15, -0.1) is 0 Å². The predicted molar refractivity (Wildman–Crippen MR) is 381 cm³/mol. The molecule has 0 fully saturated rings. The molecule has 94 heavy (non-hydrogen) atoms. The second-order valence-corrected chi connectivity index (χ2v) is 31.4. The Labute approximate surface area is 575 Å². The molecule has 0 saturated carbocycles. The van der Waals surface area contributed by atoms with Gasteiger partial charge in [-0.2, -0.15) is 0 Å². The number of phosphoric acid groups is 2. The molecule has 0 aliphatic carbocycles. The molecule has 0 amide bonds. The van der Waals surface area contributed by atoms with Crippen LogP contribution in [0.4, 0.5) is 0 Å². The van der Waals surface area contributed by atoms with Gasteiger partial charge in [-0.1, -0.05) is 325 Å². The maximum Gasteiger partial charge on any atom is 0.472 e. The molecule has 0 saturated heterocycles. The minimum atomic E-state index is -4.96. The van der Waals surface area contributed by atoms with Gasteiger partial charge in [0.05, 0.1) is 26.4 Å². The molecule has 3 N–H and O–H groups in total. The summed E-state index contributed by atoms with van der Waals surface area (Å²) in [6.07, 6.45) is 48.4. The highest BCUT2D eigenvalue weighted by molar-refractivity contribution is 7.47. The molecular formula is C75H146O17P2. The molecule has 0 aliphatic rings. The summed E-state index contributed by atoms with van der Waals surface area (Å²) in [6, 6.07) is 0. The van der Waals surface area contributed by atoms with E-state index in [9.17, 15) is 43.2 Å². The van der Waals surface area contributed by atoms with Crippen molar-refractivity contribution in [2.75, 3.05) is 39.6 Å². The monoisotopic (exact) mass is 1380 g/mol. The van der Waals surface area contributed by atoms with Crippen LogP contribution in [0, 0.1) is 23.7 Å². The van der Waals surface area contributed by atoms with Crippen LogP contribution in [0.5, 0.6) is 0 Å². The maximum atomic E-state index is 13.1. The molecule has 558 valence electrons. The van der Waals surface area contributed by atoms with Gasteiger partial charge in [-0.25, -0.2) is 9.13 Å². The first kappa shape index (κ1) is 92.1. The summed E-state index contributed by atoms with van der Waals surface area (Å²) >= 11 is 0. The van der Waals surface area contributed by atoms with E-state index in [1.165, 1.54) is 173 Å². The highest BCUT2D eigenvalue weighted by Gasteiger charge is 2.30. The number of phosphoric ester groups is 2. The molecule has 0 aromatic rings. The average Bonchev–Trinajstić information content (AvgIpc) is 1.22.